The van der Waals surface area contributed by atoms with Crippen LogP contribution >= 0.6 is 0 Å². The summed E-state index contributed by atoms with van der Waals surface area (Å²) < 4.78 is 2.07. The maximum atomic E-state index is 4.87. The lowest BCUT2D eigenvalue weighted by Crippen LogP contribution is -1.93. The second-order valence-corrected chi connectivity index (χ2v) is 15.1. The Morgan fingerprint density at radius 3 is 1.60 bits per heavy atom. The minimum atomic E-state index is 0.951. The second-order valence-electron chi connectivity index (χ2n) is 15.1. The first-order valence-electron chi connectivity index (χ1n) is 19.6. The highest BCUT2D eigenvalue weighted by atomic mass is 15.0. The van der Waals surface area contributed by atoms with Crippen LogP contribution in [-0.4, -0.2) is 9.38 Å². The summed E-state index contributed by atoms with van der Waals surface area (Å²) in [7, 11) is 0. The van der Waals surface area contributed by atoms with Crippen LogP contribution in [0.4, 0.5) is 0 Å². The third-order valence-corrected chi connectivity index (χ3v) is 11.9. The molecule has 0 aliphatic heterocycles. The number of imidazole rings is 1. The van der Waals surface area contributed by atoms with Crippen LogP contribution in [0.3, 0.4) is 0 Å². The van der Waals surface area contributed by atoms with Crippen molar-refractivity contribution in [1.82, 2.24) is 9.38 Å². The first-order valence-corrected chi connectivity index (χ1v) is 19.6. The number of fused-ring (bicyclic) bond motifs is 6. The standard InChI is InChI=1S/C55H34N2/c1-3-13-35(14-4-1)51-45-19-7-8-20-46(45)52(36-15-5-2-6-16-36)55-48-29-28-43(44-21-12-22-47(53(44)48)54(51)55)41-27-26-39-31-38(24-25-40(39)32-41)37-17-11-18-42(33-37)49-34-57-30-10-9-23-50(57)56-49/h1-34H. The zero-order valence-electron chi connectivity index (χ0n) is 31.0. The van der Waals surface area contributed by atoms with Crippen molar-refractivity contribution in [3.05, 3.63) is 207 Å². The predicted octanol–water partition coefficient (Wildman–Crippen LogP) is 14.8. The Bertz CT molecular complexity index is 3270. The average molecular weight is 723 g/mol. The Labute approximate surface area is 330 Å². The molecule has 0 amide bonds. The Morgan fingerprint density at radius 2 is 0.877 bits per heavy atom. The minimum Gasteiger partial charge on any atom is -0.306 e. The van der Waals surface area contributed by atoms with E-state index in [0.717, 1.165) is 16.9 Å². The van der Waals surface area contributed by atoms with Gasteiger partial charge in [0.05, 0.1) is 5.69 Å². The molecule has 0 radical (unpaired) electrons. The molecule has 2 heteroatoms. The van der Waals surface area contributed by atoms with Gasteiger partial charge in [-0.25, -0.2) is 4.98 Å². The molecule has 0 fully saturated rings. The normalized spacial score (nSPS) is 11.9. The Balaban J connectivity index is 1.00. The summed E-state index contributed by atoms with van der Waals surface area (Å²) in [5.74, 6) is 0. The van der Waals surface area contributed by atoms with E-state index in [1.807, 2.05) is 24.4 Å². The van der Waals surface area contributed by atoms with E-state index in [4.69, 9.17) is 4.98 Å². The van der Waals surface area contributed by atoms with Crippen molar-refractivity contribution in [2.45, 2.75) is 0 Å². The molecule has 264 valence electrons. The van der Waals surface area contributed by atoms with Gasteiger partial charge in [0.2, 0.25) is 0 Å². The lowest BCUT2D eigenvalue weighted by atomic mass is 9.82. The first kappa shape index (κ1) is 31.8. The zero-order chi connectivity index (χ0) is 37.5. The lowest BCUT2D eigenvalue weighted by molar-refractivity contribution is 1.19. The van der Waals surface area contributed by atoms with Gasteiger partial charge in [-0.2, -0.15) is 0 Å². The topological polar surface area (TPSA) is 17.3 Å². The number of nitrogens with zero attached hydrogens (tertiary/aromatic N) is 2. The SMILES string of the molecule is c1ccc(-c2c3c(c(-c4ccccc4)c4ccccc24)-c2ccc(-c4ccc5cc(-c6cccc(-c7cn8ccccc8n7)c6)ccc5c4)c4cccc-3c24)cc1. The molecule has 12 rings (SSSR count). The van der Waals surface area contributed by atoms with Crippen molar-refractivity contribution in [2.24, 2.45) is 0 Å². The summed E-state index contributed by atoms with van der Waals surface area (Å²) in [6.07, 6.45) is 4.14. The molecule has 57 heavy (non-hydrogen) atoms. The number of hydrogen-bond donors (Lipinski definition) is 0. The van der Waals surface area contributed by atoms with Gasteiger partial charge in [-0.3, -0.25) is 0 Å². The largest absolute Gasteiger partial charge is 0.306 e. The van der Waals surface area contributed by atoms with Crippen LogP contribution in [-0.2, 0) is 0 Å². The van der Waals surface area contributed by atoms with Gasteiger partial charge in [-0.05, 0) is 129 Å². The van der Waals surface area contributed by atoms with Gasteiger partial charge in [0.15, 0.2) is 0 Å². The summed E-state index contributed by atoms with van der Waals surface area (Å²) in [5, 5.41) is 7.62. The number of aromatic nitrogens is 2. The van der Waals surface area contributed by atoms with Crippen molar-refractivity contribution >= 4 is 38.0 Å². The van der Waals surface area contributed by atoms with Crippen LogP contribution in [0.25, 0.3) is 116 Å². The smallest absolute Gasteiger partial charge is 0.137 e. The Morgan fingerprint density at radius 1 is 0.333 bits per heavy atom. The highest BCUT2D eigenvalue weighted by Gasteiger charge is 2.31. The maximum absolute atomic E-state index is 4.87. The van der Waals surface area contributed by atoms with Crippen molar-refractivity contribution in [2.75, 3.05) is 0 Å². The lowest BCUT2D eigenvalue weighted by Gasteiger charge is -2.20. The van der Waals surface area contributed by atoms with Crippen LogP contribution in [0, 0.1) is 0 Å². The van der Waals surface area contributed by atoms with Crippen molar-refractivity contribution in [1.29, 1.82) is 0 Å². The van der Waals surface area contributed by atoms with Crippen LogP contribution in [0.15, 0.2) is 207 Å². The van der Waals surface area contributed by atoms with E-state index in [0.29, 0.717) is 0 Å². The number of rotatable bonds is 5. The van der Waals surface area contributed by atoms with E-state index in [2.05, 4.69) is 187 Å². The van der Waals surface area contributed by atoms with Gasteiger partial charge in [0.1, 0.15) is 5.65 Å². The summed E-state index contributed by atoms with van der Waals surface area (Å²) in [6.45, 7) is 0. The average Bonchev–Trinajstić information content (AvgIpc) is 3.87. The van der Waals surface area contributed by atoms with Crippen LogP contribution in [0.2, 0.25) is 0 Å². The molecule has 1 aliphatic carbocycles. The van der Waals surface area contributed by atoms with E-state index in [-0.39, 0.29) is 0 Å². The summed E-state index contributed by atoms with van der Waals surface area (Å²) >= 11 is 0. The molecule has 0 N–H and O–H groups in total. The quantitative estimate of drug-likeness (QED) is 0.173. The number of pyridine rings is 1. The molecule has 11 aromatic rings. The van der Waals surface area contributed by atoms with Crippen LogP contribution < -0.4 is 0 Å². The van der Waals surface area contributed by atoms with Crippen molar-refractivity contribution in [3.8, 4) is 78.0 Å². The van der Waals surface area contributed by atoms with E-state index < -0.39 is 0 Å². The highest BCUT2D eigenvalue weighted by molar-refractivity contribution is 6.28. The van der Waals surface area contributed by atoms with Gasteiger partial charge in [-0.1, -0.05) is 164 Å². The predicted molar refractivity (Wildman–Crippen MR) is 239 cm³/mol. The fraction of sp³-hybridized carbons (Fsp3) is 0. The van der Waals surface area contributed by atoms with Crippen LogP contribution in [0.1, 0.15) is 0 Å². The third-order valence-electron chi connectivity index (χ3n) is 11.9. The monoisotopic (exact) mass is 722 g/mol. The Hall–Kier alpha value is -7.55. The summed E-state index contributed by atoms with van der Waals surface area (Å²) in [5.41, 5.74) is 18.2. The molecule has 2 heterocycles. The molecule has 0 saturated heterocycles. The fourth-order valence-corrected chi connectivity index (χ4v) is 9.39. The molecule has 2 nitrogen and oxygen atoms in total. The molecule has 1 aliphatic rings. The molecular weight excluding hydrogens is 689 g/mol. The molecule has 2 aromatic heterocycles. The molecule has 0 spiro atoms. The highest BCUT2D eigenvalue weighted by Crippen LogP contribution is 2.58. The molecular formula is C55H34N2. The molecule has 0 unspecified atom stereocenters. The van der Waals surface area contributed by atoms with Gasteiger partial charge < -0.3 is 4.40 Å². The molecule has 0 atom stereocenters. The minimum absolute atomic E-state index is 0.951. The summed E-state index contributed by atoms with van der Waals surface area (Å²) in [4.78, 5) is 4.87. The first-order chi connectivity index (χ1) is 28.3. The van der Waals surface area contributed by atoms with E-state index in [1.54, 1.807) is 0 Å². The second kappa shape index (κ2) is 12.5. The molecule has 0 bridgehead atoms. The fourth-order valence-electron chi connectivity index (χ4n) is 9.39. The van der Waals surface area contributed by atoms with Gasteiger partial charge in [-0.15, -0.1) is 0 Å². The van der Waals surface area contributed by atoms with Crippen LogP contribution in [0.5, 0.6) is 0 Å². The van der Waals surface area contributed by atoms with E-state index in [9.17, 15) is 0 Å². The number of hydrogen-bond acceptors (Lipinski definition) is 1. The van der Waals surface area contributed by atoms with Gasteiger partial charge >= 0.3 is 0 Å². The number of benzene rings is 9. The van der Waals surface area contributed by atoms with Gasteiger partial charge in [0.25, 0.3) is 0 Å². The maximum Gasteiger partial charge on any atom is 0.137 e. The van der Waals surface area contributed by atoms with E-state index in [1.165, 1.54) is 99.1 Å². The molecule has 0 saturated carbocycles. The zero-order valence-corrected chi connectivity index (χ0v) is 31.0. The van der Waals surface area contributed by atoms with E-state index >= 15 is 0 Å². The molecule has 9 aromatic carbocycles. The third kappa shape index (κ3) is 4.94. The van der Waals surface area contributed by atoms with Gasteiger partial charge in [0, 0.05) is 18.0 Å². The Kier molecular flexibility index (Phi) is 6.96. The summed E-state index contributed by atoms with van der Waals surface area (Å²) in [6, 6.07) is 71.1. The van der Waals surface area contributed by atoms with Crippen molar-refractivity contribution in [3.63, 3.8) is 0 Å². The van der Waals surface area contributed by atoms with Crippen molar-refractivity contribution < 1.29 is 0 Å².